The maximum absolute atomic E-state index is 12.6. The summed E-state index contributed by atoms with van der Waals surface area (Å²) >= 11 is 0. The fraction of sp³-hybridized carbons (Fsp3) is 0.158. The number of phenols is 1. The number of carbonyl (C=O) groups is 3. The molecule has 3 rings (SSSR count). The lowest BCUT2D eigenvalue weighted by atomic mass is 9.96. The van der Waals surface area contributed by atoms with Gasteiger partial charge in [0.05, 0.1) is 18.4 Å². The second kappa shape index (κ2) is 7.18. The Labute approximate surface area is 149 Å². The van der Waals surface area contributed by atoms with Gasteiger partial charge in [0.2, 0.25) is 5.78 Å². The molecule has 132 valence electrons. The fourth-order valence-corrected chi connectivity index (χ4v) is 2.69. The Hall–Kier alpha value is -3.48. The Kier molecular flexibility index (Phi) is 4.79. The second-order valence-corrected chi connectivity index (χ2v) is 5.74. The van der Waals surface area contributed by atoms with E-state index in [4.69, 9.17) is 4.74 Å². The number of esters is 1. The zero-order valence-corrected chi connectivity index (χ0v) is 13.9. The molecule has 0 radical (unpaired) electrons. The summed E-state index contributed by atoms with van der Waals surface area (Å²) in [4.78, 5) is 40.9. The zero-order chi connectivity index (χ0) is 18.7. The van der Waals surface area contributed by atoms with Crippen molar-refractivity contribution in [1.29, 1.82) is 0 Å². The van der Waals surface area contributed by atoms with Gasteiger partial charge in [-0.15, -0.1) is 0 Å². The number of phenolic OH excluding ortho intramolecular Hbond substituents is 1. The zero-order valence-electron chi connectivity index (χ0n) is 13.9. The molecule has 1 atom stereocenters. The van der Waals surface area contributed by atoms with Crippen LogP contribution < -0.4 is 5.32 Å². The molecule has 0 saturated heterocycles. The average molecular weight is 352 g/mol. The lowest BCUT2D eigenvalue weighted by Gasteiger charge is -2.21. The number of fused-ring (bicyclic) bond motifs is 1. The van der Waals surface area contributed by atoms with E-state index in [-0.39, 0.29) is 34.9 Å². The van der Waals surface area contributed by atoms with Crippen molar-refractivity contribution in [3.63, 3.8) is 0 Å². The van der Waals surface area contributed by atoms with Gasteiger partial charge < -0.3 is 15.2 Å². The van der Waals surface area contributed by atoms with E-state index < -0.39 is 17.8 Å². The van der Waals surface area contributed by atoms with E-state index in [2.05, 4.69) is 10.3 Å². The van der Waals surface area contributed by atoms with Crippen molar-refractivity contribution in [1.82, 2.24) is 10.3 Å². The molecule has 7 nitrogen and oxygen atoms in total. The first-order chi connectivity index (χ1) is 12.5. The van der Waals surface area contributed by atoms with Gasteiger partial charge in [0.15, 0.2) is 5.78 Å². The van der Waals surface area contributed by atoms with Crippen molar-refractivity contribution in [3.8, 4) is 5.75 Å². The van der Waals surface area contributed by atoms with Crippen molar-refractivity contribution in [3.05, 3.63) is 71.2 Å². The number of benzene rings is 1. The summed E-state index contributed by atoms with van der Waals surface area (Å²) in [6.07, 6.45) is 2.81. The van der Waals surface area contributed by atoms with E-state index in [0.717, 1.165) is 5.56 Å². The minimum atomic E-state index is -0.877. The summed E-state index contributed by atoms with van der Waals surface area (Å²) in [5.74, 6) is -1.29. The number of allylic oxidation sites excluding steroid dienone is 2. The number of Topliss-reactive ketones (excluding diaryl/α,β-unsaturated/α-hetero) is 1. The van der Waals surface area contributed by atoms with Crippen LogP contribution in [0.25, 0.3) is 0 Å². The SMILES string of the molecule is COC(=O)[C@H](Cc1ccc(O)cc1)NC1=CC(=O)c2cccnc2C1=O. The third kappa shape index (κ3) is 3.46. The maximum Gasteiger partial charge on any atom is 0.328 e. The van der Waals surface area contributed by atoms with Gasteiger partial charge in [-0.25, -0.2) is 4.79 Å². The van der Waals surface area contributed by atoms with Crippen LogP contribution in [0.5, 0.6) is 5.75 Å². The molecule has 1 aromatic heterocycles. The van der Waals surface area contributed by atoms with Gasteiger partial charge >= 0.3 is 5.97 Å². The highest BCUT2D eigenvalue weighted by atomic mass is 16.5. The van der Waals surface area contributed by atoms with Crippen LogP contribution in [0.15, 0.2) is 54.4 Å². The van der Waals surface area contributed by atoms with Gasteiger partial charge in [0, 0.05) is 18.7 Å². The van der Waals surface area contributed by atoms with E-state index in [9.17, 15) is 19.5 Å². The first-order valence-corrected chi connectivity index (χ1v) is 7.87. The molecule has 0 bridgehead atoms. The van der Waals surface area contributed by atoms with Crippen LogP contribution >= 0.6 is 0 Å². The summed E-state index contributed by atoms with van der Waals surface area (Å²) in [6.45, 7) is 0. The first kappa shape index (κ1) is 17.3. The number of nitrogens with one attached hydrogen (secondary N) is 1. The molecule has 26 heavy (non-hydrogen) atoms. The van der Waals surface area contributed by atoms with Crippen molar-refractivity contribution in [2.24, 2.45) is 0 Å². The minimum Gasteiger partial charge on any atom is -0.508 e. The topological polar surface area (TPSA) is 106 Å². The highest BCUT2D eigenvalue weighted by Gasteiger charge is 2.30. The van der Waals surface area contributed by atoms with Crippen molar-refractivity contribution in [2.45, 2.75) is 12.5 Å². The van der Waals surface area contributed by atoms with Gasteiger partial charge in [-0.3, -0.25) is 14.6 Å². The highest BCUT2D eigenvalue weighted by molar-refractivity contribution is 6.23. The molecular weight excluding hydrogens is 336 g/mol. The number of aromatic hydroxyl groups is 1. The van der Waals surface area contributed by atoms with Gasteiger partial charge in [-0.2, -0.15) is 0 Å². The Morgan fingerprint density at radius 2 is 1.96 bits per heavy atom. The van der Waals surface area contributed by atoms with E-state index in [1.165, 1.54) is 37.6 Å². The number of ether oxygens (including phenoxy) is 1. The number of pyridine rings is 1. The number of carbonyl (C=O) groups excluding carboxylic acids is 3. The predicted molar refractivity (Wildman–Crippen MR) is 91.7 cm³/mol. The molecule has 0 amide bonds. The second-order valence-electron chi connectivity index (χ2n) is 5.74. The first-order valence-electron chi connectivity index (χ1n) is 7.87. The van der Waals surface area contributed by atoms with Gasteiger partial charge in [-0.1, -0.05) is 12.1 Å². The predicted octanol–water partition coefficient (Wildman–Crippen LogP) is 1.42. The Bertz CT molecular complexity index is 902. The minimum absolute atomic E-state index is 0.00428. The lowest BCUT2D eigenvalue weighted by molar-refractivity contribution is -0.142. The molecule has 0 aliphatic heterocycles. The highest BCUT2D eigenvalue weighted by Crippen LogP contribution is 2.19. The Balaban J connectivity index is 1.85. The molecule has 2 N–H and O–H groups in total. The number of hydrogen-bond donors (Lipinski definition) is 2. The van der Waals surface area contributed by atoms with Gasteiger partial charge in [0.25, 0.3) is 0 Å². The van der Waals surface area contributed by atoms with Crippen molar-refractivity contribution in [2.75, 3.05) is 7.11 Å². The third-order valence-electron chi connectivity index (χ3n) is 4.00. The van der Waals surface area contributed by atoms with E-state index in [0.29, 0.717) is 0 Å². The third-order valence-corrected chi connectivity index (χ3v) is 4.00. The molecular formula is C19H16N2O5. The summed E-state index contributed by atoms with van der Waals surface area (Å²) in [7, 11) is 1.24. The molecule has 1 aromatic carbocycles. The van der Waals surface area contributed by atoms with Crippen LogP contribution in [0.3, 0.4) is 0 Å². The molecule has 2 aromatic rings. The van der Waals surface area contributed by atoms with Crippen LogP contribution in [-0.4, -0.2) is 40.8 Å². The Morgan fingerprint density at radius 1 is 1.23 bits per heavy atom. The summed E-state index contributed by atoms with van der Waals surface area (Å²) in [5, 5.41) is 12.2. The molecule has 0 saturated carbocycles. The van der Waals surface area contributed by atoms with Crippen molar-refractivity contribution < 1.29 is 24.2 Å². The molecule has 1 aliphatic rings. The number of ketones is 2. The van der Waals surface area contributed by atoms with Crippen LogP contribution in [-0.2, 0) is 16.0 Å². The smallest absolute Gasteiger partial charge is 0.328 e. The number of aromatic nitrogens is 1. The Morgan fingerprint density at radius 3 is 2.65 bits per heavy atom. The number of nitrogens with zero attached hydrogens (tertiary/aromatic N) is 1. The van der Waals surface area contributed by atoms with E-state index in [1.807, 2.05) is 0 Å². The van der Waals surface area contributed by atoms with E-state index in [1.54, 1.807) is 18.2 Å². The molecule has 0 spiro atoms. The van der Waals surface area contributed by atoms with Crippen LogP contribution in [0.1, 0.15) is 26.4 Å². The van der Waals surface area contributed by atoms with Gasteiger partial charge in [0.1, 0.15) is 17.5 Å². The molecule has 0 fully saturated rings. The van der Waals surface area contributed by atoms with Gasteiger partial charge in [-0.05, 0) is 29.8 Å². The van der Waals surface area contributed by atoms with Crippen LogP contribution in [0, 0.1) is 0 Å². The molecule has 1 heterocycles. The molecule has 0 unspecified atom stereocenters. The molecule has 1 aliphatic carbocycles. The standard InChI is InChI=1S/C19H16N2O5/c1-26-19(25)15(9-11-4-6-12(22)7-5-11)21-14-10-16(23)13-3-2-8-20-17(13)18(14)24/h2-8,10,15,21-22H,9H2,1H3/t15-/m0/s1. The number of hydrogen-bond acceptors (Lipinski definition) is 7. The largest absolute Gasteiger partial charge is 0.508 e. The summed E-state index contributed by atoms with van der Waals surface area (Å²) in [6, 6.07) is 8.55. The molecule has 7 heteroatoms. The number of methoxy groups -OCH3 is 1. The number of rotatable bonds is 5. The fourth-order valence-electron chi connectivity index (χ4n) is 2.69. The van der Waals surface area contributed by atoms with E-state index >= 15 is 0 Å². The normalized spacial score (nSPS) is 14.3. The lowest BCUT2D eigenvalue weighted by Crippen LogP contribution is -2.42. The maximum atomic E-state index is 12.6. The van der Waals surface area contributed by atoms with Crippen LogP contribution in [0.4, 0.5) is 0 Å². The average Bonchev–Trinajstić information content (AvgIpc) is 2.66. The quantitative estimate of drug-likeness (QED) is 0.784. The summed E-state index contributed by atoms with van der Waals surface area (Å²) in [5.41, 5.74) is 1.03. The monoisotopic (exact) mass is 352 g/mol. The summed E-state index contributed by atoms with van der Waals surface area (Å²) < 4.78 is 4.79. The van der Waals surface area contributed by atoms with Crippen molar-refractivity contribution >= 4 is 17.5 Å². The van der Waals surface area contributed by atoms with Crippen LogP contribution in [0.2, 0.25) is 0 Å².